The molecule has 0 saturated heterocycles. The van der Waals surface area contributed by atoms with Crippen LogP contribution in [-0.2, 0) is 4.74 Å². The zero-order valence-electron chi connectivity index (χ0n) is 9.48. The van der Waals surface area contributed by atoms with Crippen molar-refractivity contribution in [3.8, 4) is 11.3 Å². The third-order valence-electron chi connectivity index (χ3n) is 2.40. The molecule has 5 heteroatoms. The maximum absolute atomic E-state index is 13.4. The highest BCUT2D eigenvalue weighted by Gasteiger charge is 2.14. The van der Waals surface area contributed by atoms with Crippen LogP contribution in [0.15, 0.2) is 34.7 Å². The number of esters is 1. The van der Waals surface area contributed by atoms with Crippen LogP contribution in [-0.4, -0.2) is 19.4 Å². The zero-order chi connectivity index (χ0) is 13.1. The van der Waals surface area contributed by atoms with Gasteiger partial charge in [0.1, 0.15) is 11.6 Å². The molecule has 0 saturated carbocycles. The molecule has 0 aliphatic heterocycles. The van der Waals surface area contributed by atoms with Crippen molar-refractivity contribution in [1.29, 1.82) is 0 Å². The number of halogens is 1. The van der Waals surface area contributed by atoms with E-state index in [1.807, 2.05) is 0 Å². The van der Waals surface area contributed by atoms with Crippen LogP contribution in [0.3, 0.4) is 0 Å². The molecule has 92 valence electrons. The average Bonchev–Trinajstić information content (AvgIpc) is 2.87. The molecule has 0 atom stereocenters. The third kappa shape index (κ3) is 2.15. The molecular weight excluding hydrogens is 239 g/mol. The Morgan fingerprint density at radius 1 is 1.33 bits per heavy atom. The van der Waals surface area contributed by atoms with Crippen molar-refractivity contribution in [3.63, 3.8) is 0 Å². The molecule has 1 heterocycles. The van der Waals surface area contributed by atoms with Crippen molar-refractivity contribution >= 4 is 12.3 Å². The number of carbonyl (C=O) groups excluding carboxylic acids is 2. The number of hydrogen-bond donors (Lipinski definition) is 0. The van der Waals surface area contributed by atoms with Gasteiger partial charge in [0.05, 0.1) is 12.7 Å². The van der Waals surface area contributed by atoms with Crippen molar-refractivity contribution in [3.05, 3.63) is 47.5 Å². The van der Waals surface area contributed by atoms with E-state index in [4.69, 9.17) is 4.42 Å². The third-order valence-corrected chi connectivity index (χ3v) is 2.40. The Hall–Kier alpha value is -2.43. The van der Waals surface area contributed by atoms with Crippen LogP contribution in [0.5, 0.6) is 0 Å². The number of benzene rings is 1. The number of ether oxygens (including phenoxy) is 1. The fraction of sp³-hybridized carbons (Fsp3) is 0.0769. The van der Waals surface area contributed by atoms with Crippen LogP contribution in [0.2, 0.25) is 0 Å². The molecule has 0 spiro atoms. The van der Waals surface area contributed by atoms with E-state index in [0.717, 1.165) is 6.07 Å². The van der Waals surface area contributed by atoms with E-state index in [1.54, 1.807) is 6.07 Å². The zero-order valence-corrected chi connectivity index (χ0v) is 9.48. The molecule has 4 nitrogen and oxygen atoms in total. The Bertz CT molecular complexity index is 601. The highest BCUT2D eigenvalue weighted by molar-refractivity contribution is 5.91. The maximum atomic E-state index is 13.4. The molecule has 0 amide bonds. The van der Waals surface area contributed by atoms with Crippen molar-refractivity contribution in [2.24, 2.45) is 0 Å². The molecule has 0 aliphatic carbocycles. The maximum Gasteiger partial charge on any atom is 0.340 e. The molecule has 0 aliphatic rings. The minimum absolute atomic E-state index is 0.161. The summed E-state index contributed by atoms with van der Waals surface area (Å²) in [5.74, 6) is -0.902. The number of aldehydes is 1. The Morgan fingerprint density at radius 3 is 2.72 bits per heavy atom. The summed E-state index contributed by atoms with van der Waals surface area (Å²) in [6.45, 7) is 0. The minimum atomic E-state index is -0.767. The van der Waals surface area contributed by atoms with Gasteiger partial charge in [-0.1, -0.05) is 0 Å². The quantitative estimate of drug-likeness (QED) is 0.619. The van der Waals surface area contributed by atoms with E-state index in [1.165, 1.54) is 25.3 Å². The number of rotatable bonds is 3. The summed E-state index contributed by atoms with van der Waals surface area (Å²) in [5, 5.41) is 0. The second-order valence-electron chi connectivity index (χ2n) is 3.51. The van der Waals surface area contributed by atoms with Gasteiger partial charge in [-0.2, -0.15) is 0 Å². The second kappa shape index (κ2) is 4.83. The van der Waals surface area contributed by atoms with E-state index >= 15 is 0 Å². The molecule has 0 N–H and O–H groups in total. The highest BCUT2D eigenvalue weighted by atomic mass is 19.1. The lowest BCUT2D eigenvalue weighted by atomic mass is 10.1. The summed E-state index contributed by atoms with van der Waals surface area (Å²) < 4.78 is 23.1. The minimum Gasteiger partial charge on any atom is -0.465 e. The Kier molecular flexibility index (Phi) is 3.23. The smallest absolute Gasteiger partial charge is 0.340 e. The summed E-state index contributed by atoms with van der Waals surface area (Å²) in [6, 6.07) is 6.97. The molecule has 18 heavy (non-hydrogen) atoms. The van der Waals surface area contributed by atoms with E-state index in [9.17, 15) is 14.0 Å². The van der Waals surface area contributed by atoms with Gasteiger partial charge in [-0.15, -0.1) is 0 Å². The lowest BCUT2D eigenvalue weighted by Gasteiger charge is -2.03. The lowest BCUT2D eigenvalue weighted by molar-refractivity contribution is 0.0595. The fourth-order valence-electron chi connectivity index (χ4n) is 1.52. The molecule has 0 fully saturated rings. The second-order valence-corrected chi connectivity index (χ2v) is 3.51. The molecule has 0 unspecified atom stereocenters. The lowest BCUT2D eigenvalue weighted by Crippen LogP contribution is -2.04. The Balaban J connectivity index is 2.46. The van der Waals surface area contributed by atoms with Gasteiger partial charge in [-0.25, -0.2) is 9.18 Å². The molecular formula is C13H9FO4. The average molecular weight is 248 g/mol. The van der Waals surface area contributed by atoms with Gasteiger partial charge < -0.3 is 9.15 Å². The topological polar surface area (TPSA) is 56.5 Å². The predicted molar refractivity (Wildman–Crippen MR) is 60.8 cm³/mol. The van der Waals surface area contributed by atoms with E-state index in [2.05, 4.69) is 4.74 Å². The number of hydrogen-bond acceptors (Lipinski definition) is 4. The summed E-state index contributed by atoms with van der Waals surface area (Å²) in [6.07, 6.45) is 0.564. The molecule has 2 rings (SSSR count). The SMILES string of the molecule is COC(=O)c1cc(-c2ccc(C=O)o2)ccc1F. The Labute approximate surface area is 102 Å². The van der Waals surface area contributed by atoms with Gasteiger partial charge >= 0.3 is 5.97 Å². The normalized spacial score (nSPS) is 10.1. The molecule has 0 radical (unpaired) electrons. The van der Waals surface area contributed by atoms with Crippen LogP contribution in [0.4, 0.5) is 4.39 Å². The standard InChI is InChI=1S/C13H9FO4/c1-17-13(16)10-6-8(2-4-11(10)14)12-5-3-9(7-15)18-12/h2-7H,1H3. The molecule has 0 bridgehead atoms. The molecule has 1 aromatic carbocycles. The van der Waals surface area contributed by atoms with Crippen LogP contribution >= 0.6 is 0 Å². The first-order valence-electron chi connectivity index (χ1n) is 5.09. The number of furan rings is 1. The highest BCUT2D eigenvalue weighted by Crippen LogP contribution is 2.24. The monoisotopic (exact) mass is 248 g/mol. The summed E-state index contributed by atoms with van der Waals surface area (Å²) in [4.78, 5) is 21.8. The van der Waals surface area contributed by atoms with Crippen LogP contribution < -0.4 is 0 Å². The van der Waals surface area contributed by atoms with Crippen molar-refractivity contribution in [2.75, 3.05) is 7.11 Å². The van der Waals surface area contributed by atoms with Gasteiger partial charge in [-0.3, -0.25) is 4.79 Å². The van der Waals surface area contributed by atoms with Crippen molar-refractivity contribution in [2.45, 2.75) is 0 Å². The predicted octanol–water partition coefficient (Wildman–Crippen LogP) is 2.68. The molecule has 2 aromatic rings. The van der Waals surface area contributed by atoms with Gasteiger partial charge in [0.15, 0.2) is 12.0 Å². The van der Waals surface area contributed by atoms with Crippen LogP contribution in [0.25, 0.3) is 11.3 Å². The number of carbonyl (C=O) groups is 2. The van der Waals surface area contributed by atoms with Crippen LogP contribution in [0, 0.1) is 5.82 Å². The van der Waals surface area contributed by atoms with Gasteiger partial charge in [0.25, 0.3) is 0 Å². The number of methoxy groups -OCH3 is 1. The van der Waals surface area contributed by atoms with Gasteiger partial charge in [0, 0.05) is 5.56 Å². The summed E-state index contributed by atoms with van der Waals surface area (Å²) in [5.41, 5.74) is 0.309. The first kappa shape index (κ1) is 12.0. The molecule has 1 aromatic heterocycles. The van der Waals surface area contributed by atoms with Gasteiger partial charge in [-0.05, 0) is 30.3 Å². The van der Waals surface area contributed by atoms with E-state index < -0.39 is 11.8 Å². The largest absolute Gasteiger partial charge is 0.465 e. The summed E-state index contributed by atoms with van der Waals surface area (Å²) in [7, 11) is 1.17. The van der Waals surface area contributed by atoms with Crippen molar-refractivity contribution < 1.29 is 23.1 Å². The van der Waals surface area contributed by atoms with E-state index in [0.29, 0.717) is 17.6 Å². The van der Waals surface area contributed by atoms with E-state index in [-0.39, 0.29) is 11.3 Å². The van der Waals surface area contributed by atoms with Crippen LogP contribution in [0.1, 0.15) is 20.9 Å². The Morgan fingerprint density at radius 2 is 2.11 bits per heavy atom. The fourth-order valence-corrected chi connectivity index (χ4v) is 1.52. The van der Waals surface area contributed by atoms with Crippen molar-refractivity contribution in [1.82, 2.24) is 0 Å². The first-order chi connectivity index (χ1) is 8.65. The first-order valence-corrected chi connectivity index (χ1v) is 5.09. The summed E-state index contributed by atoms with van der Waals surface area (Å²) >= 11 is 0. The van der Waals surface area contributed by atoms with Gasteiger partial charge in [0.2, 0.25) is 0 Å².